The van der Waals surface area contributed by atoms with Gasteiger partial charge in [-0.1, -0.05) is 52.3 Å². The van der Waals surface area contributed by atoms with Gasteiger partial charge in [-0.25, -0.2) is 0 Å². The zero-order chi connectivity index (χ0) is 22.4. The maximum atomic E-state index is 6.09. The first-order valence-corrected chi connectivity index (χ1v) is 12.8. The molecule has 8 rings (SSSR count). The number of fused-ring (bicyclic) bond motifs is 9. The lowest BCUT2D eigenvalue weighted by Crippen LogP contribution is -1.93. The summed E-state index contributed by atoms with van der Waals surface area (Å²) in [7, 11) is 0. The lowest BCUT2D eigenvalue weighted by molar-refractivity contribution is 0.669. The number of aromatic nitrogens is 1. The van der Waals surface area contributed by atoms with Gasteiger partial charge in [-0.05, 0) is 60.7 Å². The van der Waals surface area contributed by atoms with Crippen LogP contribution in [0, 0.1) is 0 Å². The van der Waals surface area contributed by atoms with Crippen LogP contribution in [0.15, 0.2) is 106 Å². The van der Waals surface area contributed by atoms with Gasteiger partial charge >= 0.3 is 0 Å². The molecule has 0 aliphatic carbocycles. The molecule has 4 heteroatoms. The van der Waals surface area contributed by atoms with Crippen molar-refractivity contribution in [2.45, 2.75) is 0 Å². The number of para-hydroxylation sites is 1. The van der Waals surface area contributed by atoms with Crippen LogP contribution >= 0.6 is 27.3 Å². The first kappa shape index (κ1) is 18.8. The molecule has 0 aliphatic heterocycles. The highest BCUT2D eigenvalue weighted by Crippen LogP contribution is 2.41. The van der Waals surface area contributed by atoms with Crippen molar-refractivity contribution in [3.8, 4) is 5.69 Å². The van der Waals surface area contributed by atoms with E-state index in [-0.39, 0.29) is 0 Å². The Labute approximate surface area is 206 Å². The van der Waals surface area contributed by atoms with Crippen molar-refractivity contribution in [2.75, 3.05) is 0 Å². The Balaban J connectivity index is 1.53. The molecule has 0 saturated carbocycles. The summed E-state index contributed by atoms with van der Waals surface area (Å²) in [6, 6.07) is 34.8. The van der Waals surface area contributed by atoms with E-state index in [9.17, 15) is 0 Å². The van der Waals surface area contributed by atoms with E-state index in [1.165, 1.54) is 42.0 Å². The maximum Gasteiger partial charge on any atom is 0.135 e. The van der Waals surface area contributed by atoms with Crippen LogP contribution in [0.2, 0.25) is 0 Å². The lowest BCUT2D eigenvalue weighted by Gasteiger charge is -2.08. The summed E-state index contributed by atoms with van der Waals surface area (Å²) >= 11 is 5.56. The van der Waals surface area contributed by atoms with Gasteiger partial charge in [0.1, 0.15) is 11.2 Å². The number of benzene rings is 5. The standard InChI is InChI=1S/C30H16BrNOS/c31-17-9-11-25-21(13-17)22-15-24-20-6-2-4-8-29(20)34-30(24)16-26(22)32(25)18-10-12-28-23(14-18)19-5-1-3-7-27(19)33-28/h1-16H. The molecule has 8 aromatic rings. The van der Waals surface area contributed by atoms with E-state index in [1.54, 1.807) is 0 Å². The van der Waals surface area contributed by atoms with Crippen LogP contribution in [0.4, 0.5) is 0 Å². The summed E-state index contributed by atoms with van der Waals surface area (Å²) < 4.78 is 12.2. The van der Waals surface area contributed by atoms with E-state index in [4.69, 9.17) is 4.42 Å². The van der Waals surface area contributed by atoms with Gasteiger partial charge in [0.2, 0.25) is 0 Å². The third-order valence-corrected chi connectivity index (χ3v) is 8.47. The molecule has 0 radical (unpaired) electrons. The van der Waals surface area contributed by atoms with Crippen molar-refractivity contribution in [1.29, 1.82) is 0 Å². The van der Waals surface area contributed by atoms with Gasteiger partial charge in [0.15, 0.2) is 0 Å². The van der Waals surface area contributed by atoms with E-state index in [0.29, 0.717) is 0 Å². The highest BCUT2D eigenvalue weighted by atomic mass is 79.9. The number of halogens is 1. The van der Waals surface area contributed by atoms with Crippen LogP contribution in [0.3, 0.4) is 0 Å². The van der Waals surface area contributed by atoms with Crippen molar-refractivity contribution in [1.82, 2.24) is 4.57 Å². The summed E-state index contributed by atoms with van der Waals surface area (Å²) in [5.41, 5.74) is 5.40. The molecule has 2 nitrogen and oxygen atoms in total. The molecule has 3 heterocycles. The monoisotopic (exact) mass is 517 g/mol. The molecule has 5 aromatic carbocycles. The summed E-state index contributed by atoms with van der Waals surface area (Å²) in [6.07, 6.45) is 0. The molecule has 0 bridgehead atoms. The van der Waals surface area contributed by atoms with Crippen molar-refractivity contribution < 1.29 is 4.42 Å². The second kappa shape index (κ2) is 6.72. The van der Waals surface area contributed by atoms with Crippen LogP contribution < -0.4 is 0 Å². The Morgan fingerprint density at radius 3 is 2.29 bits per heavy atom. The van der Waals surface area contributed by atoms with Crippen molar-refractivity contribution >= 4 is 91.2 Å². The number of nitrogens with zero attached hydrogens (tertiary/aromatic N) is 1. The molecule has 3 aromatic heterocycles. The van der Waals surface area contributed by atoms with Gasteiger partial charge in [-0.2, -0.15) is 0 Å². The molecule has 0 unspecified atom stereocenters. The predicted octanol–water partition coefficient (Wildman–Crippen LogP) is 9.81. The van der Waals surface area contributed by atoms with Gasteiger partial charge in [0.05, 0.1) is 11.0 Å². The summed E-state index contributed by atoms with van der Waals surface area (Å²) in [5, 5.41) is 7.45. The van der Waals surface area contributed by atoms with E-state index < -0.39 is 0 Å². The average Bonchev–Trinajstić information content (AvgIpc) is 3.51. The molecule has 160 valence electrons. The largest absolute Gasteiger partial charge is 0.456 e. The SMILES string of the molecule is Brc1ccc2c(c1)c1cc3c(cc1n2-c1ccc2oc4ccccc4c2c1)sc1ccccc13. The zero-order valence-corrected chi connectivity index (χ0v) is 20.3. The molecule has 0 fully saturated rings. The van der Waals surface area contributed by atoms with E-state index >= 15 is 0 Å². The normalized spacial score (nSPS) is 12.3. The fourth-order valence-corrected chi connectivity index (χ4v) is 6.82. The Kier molecular flexibility index (Phi) is 3.71. The minimum Gasteiger partial charge on any atom is -0.456 e. The van der Waals surface area contributed by atoms with Crippen LogP contribution in [0.5, 0.6) is 0 Å². The third-order valence-electron chi connectivity index (χ3n) is 6.84. The zero-order valence-electron chi connectivity index (χ0n) is 17.9. The molecular formula is C30H16BrNOS. The lowest BCUT2D eigenvalue weighted by atomic mass is 10.1. The molecule has 0 aliphatic rings. The van der Waals surface area contributed by atoms with Crippen LogP contribution in [0.25, 0.3) is 69.6 Å². The third kappa shape index (κ3) is 2.50. The number of furan rings is 1. The minimum absolute atomic E-state index is 0.917. The van der Waals surface area contributed by atoms with Gasteiger partial charge in [0, 0.05) is 51.9 Å². The van der Waals surface area contributed by atoms with Gasteiger partial charge in [-0.3, -0.25) is 0 Å². The summed E-state index contributed by atoms with van der Waals surface area (Å²) in [6.45, 7) is 0. The first-order chi connectivity index (χ1) is 16.7. The van der Waals surface area contributed by atoms with Crippen molar-refractivity contribution in [3.63, 3.8) is 0 Å². The van der Waals surface area contributed by atoms with Crippen molar-refractivity contribution in [2.24, 2.45) is 0 Å². The molecule has 0 spiro atoms. The number of thiophene rings is 1. The second-order valence-electron chi connectivity index (χ2n) is 8.74. The summed E-state index contributed by atoms with van der Waals surface area (Å²) in [5.74, 6) is 0. The number of hydrogen-bond donors (Lipinski definition) is 0. The molecule has 0 amide bonds. The predicted molar refractivity (Wildman–Crippen MR) is 149 cm³/mol. The Morgan fingerprint density at radius 1 is 0.559 bits per heavy atom. The van der Waals surface area contributed by atoms with Crippen molar-refractivity contribution in [3.05, 3.63) is 102 Å². The molecule has 0 saturated heterocycles. The van der Waals surface area contributed by atoms with Gasteiger partial charge < -0.3 is 8.98 Å². The number of rotatable bonds is 1. The average molecular weight is 518 g/mol. The van der Waals surface area contributed by atoms with Gasteiger partial charge in [-0.15, -0.1) is 11.3 Å². The minimum atomic E-state index is 0.917. The molecule has 0 N–H and O–H groups in total. The van der Waals surface area contributed by atoms with E-state index in [1.807, 2.05) is 23.5 Å². The van der Waals surface area contributed by atoms with E-state index in [0.717, 1.165) is 32.1 Å². The first-order valence-electron chi connectivity index (χ1n) is 11.2. The van der Waals surface area contributed by atoms with Crippen LogP contribution in [-0.2, 0) is 0 Å². The Hall–Kier alpha value is -3.60. The topological polar surface area (TPSA) is 18.1 Å². The number of hydrogen-bond acceptors (Lipinski definition) is 2. The maximum absolute atomic E-state index is 6.09. The highest BCUT2D eigenvalue weighted by molar-refractivity contribution is 9.10. The summed E-state index contributed by atoms with van der Waals surface area (Å²) in [4.78, 5) is 0. The smallest absolute Gasteiger partial charge is 0.135 e. The van der Waals surface area contributed by atoms with E-state index in [2.05, 4.69) is 105 Å². The quantitative estimate of drug-likeness (QED) is 0.212. The highest BCUT2D eigenvalue weighted by Gasteiger charge is 2.17. The fraction of sp³-hybridized carbons (Fsp3) is 0. The Morgan fingerprint density at radius 2 is 1.35 bits per heavy atom. The molecule has 0 atom stereocenters. The fourth-order valence-electron chi connectivity index (χ4n) is 5.34. The Bertz CT molecular complexity index is 2090. The van der Waals surface area contributed by atoms with Crippen LogP contribution in [-0.4, -0.2) is 4.57 Å². The van der Waals surface area contributed by atoms with Crippen LogP contribution in [0.1, 0.15) is 0 Å². The second-order valence-corrected chi connectivity index (χ2v) is 10.7. The van der Waals surface area contributed by atoms with Gasteiger partial charge in [0.25, 0.3) is 0 Å². The molecule has 34 heavy (non-hydrogen) atoms. The molecular weight excluding hydrogens is 502 g/mol.